The molecule has 0 atom stereocenters. The van der Waals surface area contributed by atoms with E-state index in [0.29, 0.717) is 12.8 Å². The first-order chi connectivity index (χ1) is 5.67. The van der Waals surface area contributed by atoms with Crippen LogP contribution in [0.25, 0.3) is 0 Å². The molecule has 0 aromatic carbocycles. The number of rotatable bonds is 5. The van der Waals surface area contributed by atoms with Crippen LogP contribution in [0.4, 0.5) is 0 Å². The Balaban J connectivity index is 4.55. The van der Waals surface area contributed by atoms with E-state index in [4.69, 9.17) is 0 Å². The molecule has 0 aromatic rings. The molecule has 0 radical (unpaired) electrons. The topological polar surface area (TPSA) is 43.4 Å². The molecule has 12 heavy (non-hydrogen) atoms. The normalized spacial score (nSPS) is 8.92. The number of hydrogen-bond donors (Lipinski definition) is 0. The van der Waals surface area contributed by atoms with Crippen molar-refractivity contribution in [2.24, 2.45) is 0 Å². The van der Waals surface area contributed by atoms with Crippen molar-refractivity contribution in [1.29, 1.82) is 0 Å². The molecule has 0 heterocycles. The lowest BCUT2D eigenvalue weighted by atomic mass is 10.0. The van der Waals surface area contributed by atoms with Crippen molar-refractivity contribution in [1.82, 2.24) is 0 Å². The third-order valence-electron chi connectivity index (χ3n) is 1.48. The van der Waals surface area contributed by atoms with E-state index in [1.807, 2.05) is 0 Å². The summed E-state index contributed by atoms with van der Waals surface area (Å²) in [6.45, 7) is 3.43. The Hall–Kier alpha value is -1.12. The summed E-state index contributed by atoms with van der Waals surface area (Å²) in [7, 11) is 1.42. The fourth-order valence-corrected chi connectivity index (χ4v) is 0.786. The molecule has 0 aliphatic rings. The molecular weight excluding hydrogens is 156 g/mol. The summed E-state index contributed by atoms with van der Waals surface area (Å²) in [5.41, 5.74) is 0.169. The molecule has 0 bridgehead atoms. The highest BCUT2D eigenvalue weighted by molar-refractivity contribution is 6.19. The summed E-state index contributed by atoms with van der Waals surface area (Å²) in [4.78, 5) is 22.3. The zero-order valence-corrected chi connectivity index (χ0v) is 7.72. The number of carbonyl (C=O) groups is 2. The van der Waals surface area contributed by atoms with Crippen LogP contribution in [0.2, 0.25) is 0 Å². The van der Waals surface area contributed by atoms with Crippen LogP contribution in [-0.4, -0.2) is 18.7 Å². The largest absolute Gasteiger partial charge is 0.503 e. The molecule has 3 nitrogen and oxygen atoms in total. The minimum absolute atomic E-state index is 0.163. The van der Waals surface area contributed by atoms with Gasteiger partial charge in [-0.25, -0.2) is 0 Å². The average Bonchev–Trinajstić information content (AvgIpc) is 2.11. The molecule has 0 saturated heterocycles. The van der Waals surface area contributed by atoms with E-state index in [1.165, 1.54) is 13.4 Å². The van der Waals surface area contributed by atoms with Crippen molar-refractivity contribution in [3.63, 3.8) is 0 Å². The highest BCUT2D eigenvalue weighted by Gasteiger charge is 2.14. The molecule has 0 saturated carbocycles. The van der Waals surface area contributed by atoms with Crippen molar-refractivity contribution in [2.45, 2.75) is 26.7 Å². The van der Waals surface area contributed by atoms with Gasteiger partial charge in [0.1, 0.15) is 0 Å². The van der Waals surface area contributed by atoms with Crippen LogP contribution in [0.15, 0.2) is 11.8 Å². The first-order valence-corrected chi connectivity index (χ1v) is 3.96. The second-order valence-corrected chi connectivity index (χ2v) is 2.32. The van der Waals surface area contributed by atoms with E-state index < -0.39 is 0 Å². The van der Waals surface area contributed by atoms with Gasteiger partial charge in [0.2, 0.25) is 0 Å². The summed E-state index contributed by atoms with van der Waals surface area (Å²) in [5.74, 6) is -0.326. The molecule has 0 amide bonds. The van der Waals surface area contributed by atoms with Gasteiger partial charge in [0.15, 0.2) is 11.6 Å². The van der Waals surface area contributed by atoms with Gasteiger partial charge < -0.3 is 4.74 Å². The second-order valence-electron chi connectivity index (χ2n) is 2.32. The lowest BCUT2D eigenvalue weighted by Gasteiger charge is -2.00. The molecular formula is C9H14O3. The van der Waals surface area contributed by atoms with Crippen LogP contribution in [-0.2, 0) is 14.3 Å². The maximum absolute atomic E-state index is 11.1. The molecule has 0 aliphatic carbocycles. The maximum atomic E-state index is 11.1. The summed E-state index contributed by atoms with van der Waals surface area (Å²) in [6.07, 6.45) is 1.89. The summed E-state index contributed by atoms with van der Waals surface area (Å²) < 4.78 is 4.65. The first kappa shape index (κ1) is 10.9. The minimum atomic E-state index is -0.163. The zero-order valence-electron chi connectivity index (χ0n) is 7.72. The van der Waals surface area contributed by atoms with Crippen LogP contribution in [0.5, 0.6) is 0 Å². The Morgan fingerprint density at radius 2 is 1.58 bits per heavy atom. The average molecular weight is 170 g/mol. The Labute approximate surface area is 72.4 Å². The number of methoxy groups -OCH3 is 1. The van der Waals surface area contributed by atoms with Gasteiger partial charge in [0, 0.05) is 12.8 Å². The summed E-state index contributed by atoms with van der Waals surface area (Å²) in [5, 5.41) is 0. The van der Waals surface area contributed by atoms with Crippen molar-refractivity contribution in [3.05, 3.63) is 11.8 Å². The fraction of sp³-hybridized carbons (Fsp3) is 0.556. The Bertz CT molecular complexity index is 186. The third kappa shape index (κ3) is 2.86. The van der Waals surface area contributed by atoms with Crippen LogP contribution in [0, 0.1) is 0 Å². The highest BCUT2D eigenvalue weighted by Crippen LogP contribution is 2.04. The quantitative estimate of drug-likeness (QED) is 0.271. The number of hydrogen-bond acceptors (Lipinski definition) is 3. The first-order valence-electron chi connectivity index (χ1n) is 3.96. The van der Waals surface area contributed by atoms with E-state index in [9.17, 15) is 9.59 Å². The molecule has 0 aliphatic heterocycles. The van der Waals surface area contributed by atoms with Crippen LogP contribution in [0.3, 0.4) is 0 Å². The number of carbonyl (C=O) groups excluding carboxylic acids is 2. The van der Waals surface area contributed by atoms with Crippen molar-refractivity contribution < 1.29 is 14.3 Å². The predicted molar refractivity (Wildman–Crippen MR) is 45.7 cm³/mol. The fourth-order valence-electron chi connectivity index (χ4n) is 0.786. The zero-order chi connectivity index (χ0) is 9.56. The van der Waals surface area contributed by atoms with Crippen molar-refractivity contribution in [3.8, 4) is 0 Å². The highest BCUT2D eigenvalue weighted by atomic mass is 16.5. The number of ketones is 2. The number of Topliss-reactive ketones (excluding diaryl/α,β-unsaturated/α-hetero) is 2. The van der Waals surface area contributed by atoms with E-state index in [2.05, 4.69) is 4.74 Å². The van der Waals surface area contributed by atoms with Gasteiger partial charge in [-0.15, -0.1) is 0 Å². The van der Waals surface area contributed by atoms with Gasteiger partial charge >= 0.3 is 0 Å². The Kier molecular flexibility index (Phi) is 5.00. The van der Waals surface area contributed by atoms with Gasteiger partial charge in [-0.05, 0) is 0 Å². The summed E-state index contributed by atoms with van der Waals surface area (Å²) in [6, 6.07) is 0. The van der Waals surface area contributed by atoms with Crippen LogP contribution in [0.1, 0.15) is 26.7 Å². The van der Waals surface area contributed by atoms with Gasteiger partial charge in [-0.1, -0.05) is 13.8 Å². The molecule has 0 aromatic heterocycles. The number of ether oxygens (including phenoxy) is 1. The predicted octanol–water partition coefficient (Wildman–Crippen LogP) is 1.47. The molecule has 0 spiro atoms. The monoisotopic (exact) mass is 170 g/mol. The van der Waals surface area contributed by atoms with E-state index in [-0.39, 0.29) is 17.1 Å². The molecule has 68 valence electrons. The van der Waals surface area contributed by atoms with Crippen LogP contribution >= 0.6 is 0 Å². The third-order valence-corrected chi connectivity index (χ3v) is 1.48. The molecule has 0 rings (SSSR count). The van der Waals surface area contributed by atoms with Gasteiger partial charge in [-0.2, -0.15) is 0 Å². The van der Waals surface area contributed by atoms with E-state index >= 15 is 0 Å². The van der Waals surface area contributed by atoms with Crippen molar-refractivity contribution >= 4 is 11.6 Å². The maximum Gasteiger partial charge on any atom is 0.169 e. The van der Waals surface area contributed by atoms with Crippen LogP contribution < -0.4 is 0 Å². The smallest absolute Gasteiger partial charge is 0.169 e. The molecule has 0 fully saturated rings. The lowest BCUT2D eigenvalue weighted by Crippen LogP contribution is -2.11. The van der Waals surface area contributed by atoms with Crippen molar-refractivity contribution in [2.75, 3.05) is 7.11 Å². The standard InChI is InChI=1S/C9H14O3/c1-4-8(10)7(6-12-3)9(11)5-2/h6H,4-5H2,1-3H3. The van der Waals surface area contributed by atoms with Gasteiger partial charge in [0.05, 0.1) is 18.9 Å². The van der Waals surface area contributed by atoms with E-state index in [1.54, 1.807) is 13.8 Å². The molecule has 0 N–H and O–H groups in total. The molecule has 0 unspecified atom stereocenters. The van der Waals surface area contributed by atoms with Gasteiger partial charge in [0.25, 0.3) is 0 Å². The Morgan fingerprint density at radius 3 is 1.83 bits per heavy atom. The summed E-state index contributed by atoms with van der Waals surface area (Å²) >= 11 is 0. The number of allylic oxidation sites excluding steroid dienone is 1. The lowest BCUT2D eigenvalue weighted by molar-refractivity contribution is -0.121. The second kappa shape index (κ2) is 5.52. The van der Waals surface area contributed by atoms with Gasteiger partial charge in [-0.3, -0.25) is 9.59 Å². The Morgan fingerprint density at radius 1 is 1.17 bits per heavy atom. The SMILES string of the molecule is CCC(=O)C(=COC)C(=O)CC. The van der Waals surface area contributed by atoms with E-state index in [0.717, 1.165) is 0 Å². The molecule has 3 heteroatoms. The minimum Gasteiger partial charge on any atom is -0.503 e.